The molecule has 4 N–H and O–H groups in total. The number of allylic oxidation sites excluding steroid dienone is 2. The van der Waals surface area contributed by atoms with Crippen LogP contribution in [-0.2, 0) is 38.7 Å². The standard InChI is InChI=1S/C47H88O12S/c1-3-5-7-9-11-13-15-17-19-21-23-25-27-29-31-33-35-42(48)56-37-40(38-57-47-46(52)45(51)44(50)41(59-47)39-60(53,54)55)58-43(49)36-34-32-30-28-26-24-22-20-18-16-14-12-10-8-6-4-2/h20,22,40-41,44-47,50-52H,3-19,21,23-39H2,1-2H3,(H,53,54,55)/b22-20-. The summed E-state index contributed by atoms with van der Waals surface area (Å²) in [6.07, 6.45) is 31.1. The first-order valence-corrected chi connectivity index (χ1v) is 25.9. The molecule has 0 saturated carbocycles. The normalized spacial score (nSPS) is 20.1. The van der Waals surface area contributed by atoms with Gasteiger partial charge in [0.15, 0.2) is 12.4 Å². The second-order valence-electron chi connectivity index (χ2n) is 17.1. The summed E-state index contributed by atoms with van der Waals surface area (Å²) < 4.78 is 54.1. The molecule has 354 valence electrons. The highest BCUT2D eigenvalue weighted by Gasteiger charge is 2.46. The van der Waals surface area contributed by atoms with E-state index in [0.29, 0.717) is 12.8 Å². The van der Waals surface area contributed by atoms with Crippen LogP contribution in [0.25, 0.3) is 0 Å². The van der Waals surface area contributed by atoms with Gasteiger partial charge in [-0.05, 0) is 38.5 Å². The summed E-state index contributed by atoms with van der Waals surface area (Å²) in [6.45, 7) is 3.78. The summed E-state index contributed by atoms with van der Waals surface area (Å²) in [5.74, 6) is -1.98. The first kappa shape index (κ1) is 56.4. The zero-order chi connectivity index (χ0) is 44.1. The minimum atomic E-state index is -4.60. The molecule has 12 nitrogen and oxygen atoms in total. The molecule has 0 aromatic rings. The molecule has 1 fully saturated rings. The van der Waals surface area contributed by atoms with Gasteiger partial charge in [-0.1, -0.05) is 180 Å². The Morgan fingerprint density at radius 3 is 1.38 bits per heavy atom. The number of esters is 2. The van der Waals surface area contributed by atoms with Gasteiger partial charge >= 0.3 is 11.9 Å². The predicted octanol–water partition coefficient (Wildman–Crippen LogP) is 10.2. The van der Waals surface area contributed by atoms with Crippen LogP contribution in [0.2, 0.25) is 0 Å². The highest BCUT2D eigenvalue weighted by atomic mass is 32.2. The van der Waals surface area contributed by atoms with E-state index in [1.807, 2.05) is 0 Å². The molecule has 0 aromatic carbocycles. The minimum absolute atomic E-state index is 0.159. The molecular formula is C47H88O12S. The van der Waals surface area contributed by atoms with Crippen LogP contribution in [0.4, 0.5) is 0 Å². The molecule has 0 bridgehead atoms. The van der Waals surface area contributed by atoms with Crippen LogP contribution < -0.4 is 0 Å². The van der Waals surface area contributed by atoms with Gasteiger partial charge in [0.25, 0.3) is 10.1 Å². The van der Waals surface area contributed by atoms with Crippen molar-refractivity contribution >= 4 is 22.1 Å². The number of unbranched alkanes of at least 4 members (excludes halogenated alkanes) is 27. The van der Waals surface area contributed by atoms with E-state index in [0.717, 1.165) is 57.8 Å². The van der Waals surface area contributed by atoms with Crippen molar-refractivity contribution in [2.24, 2.45) is 0 Å². The van der Waals surface area contributed by atoms with Crippen LogP contribution in [0.1, 0.15) is 219 Å². The van der Waals surface area contributed by atoms with E-state index < -0.39 is 71.2 Å². The molecule has 0 spiro atoms. The smallest absolute Gasteiger partial charge is 0.306 e. The highest BCUT2D eigenvalue weighted by molar-refractivity contribution is 7.85. The molecule has 0 radical (unpaired) electrons. The van der Waals surface area contributed by atoms with Crippen molar-refractivity contribution in [2.45, 2.75) is 256 Å². The average molecular weight is 877 g/mol. The molecule has 1 aliphatic heterocycles. The molecule has 13 heteroatoms. The topological polar surface area (TPSA) is 186 Å². The van der Waals surface area contributed by atoms with Gasteiger partial charge in [-0.15, -0.1) is 0 Å². The molecule has 6 atom stereocenters. The third kappa shape index (κ3) is 32.1. The Balaban J connectivity index is 2.41. The quantitative estimate of drug-likeness (QED) is 0.0197. The van der Waals surface area contributed by atoms with Crippen LogP contribution in [0.5, 0.6) is 0 Å². The van der Waals surface area contributed by atoms with E-state index in [-0.39, 0.29) is 19.4 Å². The summed E-state index contributed by atoms with van der Waals surface area (Å²) in [4.78, 5) is 25.4. The third-order valence-corrected chi connectivity index (χ3v) is 12.1. The summed E-state index contributed by atoms with van der Waals surface area (Å²) in [5.41, 5.74) is 0. The lowest BCUT2D eigenvalue weighted by Crippen LogP contribution is -2.60. The molecule has 0 aliphatic carbocycles. The molecule has 1 heterocycles. The van der Waals surface area contributed by atoms with E-state index in [1.165, 1.54) is 122 Å². The minimum Gasteiger partial charge on any atom is -0.462 e. The number of hydrogen-bond acceptors (Lipinski definition) is 11. The van der Waals surface area contributed by atoms with Crippen LogP contribution in [-0.4, -0.2) is 96.0 Å². The lowest BCUT2D eigenvalue weighted by atomic mass is 10.00. The van der Waals surface area contributed by atoms with Crippen molar-refractivity contribution in [1.29, 1.82) is 0 Å². The van der Waals surface area contributed by atoms with Crippen molar-refractivity contribution < 1.29 is 56.8 Å². The maximum Gasteiger partial charge on any atom is 0.306 e. The summed E-state index contributed by atoms with van der Waals surface area (Å²) in [7, 11) is -4.60. The highest BCUT2D eigenvalue weighted by Crippen LogP contribution is 2.24. The van der Waals surface area contributed by atoms with Gasteiger partial charge in [0.1, 0.15) is 36.8 Å². The van der Waals surface area contributed by atoms with Crippen LogP contribution in [0.15, 0.2) is 12.2 Å². The van der Waals surface area contributed by atoms with Gasteiger partial charge in [0, 0.05) is 12.8 Å². The summed E-state index contributed by atoms with van der Waals surface area (Å²) in [5, 5.41) is 30.9. The fourth-order valence-electron chi connectivity index (χ4n) is 7.56. The van der Waals surface area contributed by atoms with Gasteiger partial charge in [0.05, 0.1) is 6.61 Å². The molecule has 1 rings (SSSR count). The molecule has 6 unspecified atom stereocenters. The Kier molecular flexibility index (Phi) is 35.6. The van der Waals surface area contributed by atoms with E-state index >= 15 is 0 Å². The Bertz CT molecular complexity index is 1170. The molecule has 0 aromatic heterocycles. The molecule has 1 aliphatic rings. The van der Waals surface area contributed by atoms with Gasteiger partial charge in [0.2, 0.25) is 0 Å². The van der Waals surface area contributed by atoms with Gasteiger partial charge in [-0.3, -0.25) is 14.1 Å². The number of carbonyl (C=O) groups is 2. The van der Waals surface area contributed by atoms with Crippen LogP contribution >= 0.6 is 0 Å². The largest absolute Gasteiger partial charge is 0.462 e. The maximum atomic E-state index is 12.8. The number of aliphatic hydroxyl groups excluding tert-OH is 3. The van der Waals surface area contributed by atoms with Gasteiger partial charge in [-0.25, -0.2) is 0 Å². The zero-order valence-electron chi connectivity index (χ0n) is 37.8. The van der Waals surface area contributed by atoms with Crippen molar-refractivity contribution in [3.05, 3.63) is 12.2 Å². The van der Waals surface area contributed by atoms with Crippen LogP contribution in [0.3, 0.4) is 0 Å². The summed E-state index contributed by atoms with van der Waals surface area (Å²) in [6, 6.07) is 0. The predicted molar refractivity (Wildman–Crippen MR) is 238 cm³/mol. The van der Waals surface area contributed by atoms with Crippen LogP contribution in [0, 0.1) is 0 Å². The maximum absolute atomic E-state index is 12.8. The number of hydrogen-bond donors (Lipinski definition) is 4. The van der Waals surface area contributed by atoms with Crippen molar-refractivity contribution in [1.82, 2.24) is 0 Å². The van der Waals surface area contributed by atoms with E-state index in [2.05, 4.69) is 26.0 Å². The second-order valence-corrected chi connectivity index (χ2v) is 18.6. The Hall–Kier alpha value is -1.61. The Morgan fingerprint density at radius 1 is 0.550 bits per heavy atom. The fraction of sp³-hybridized carbons (Fsp3) is 0.915. The number of aliphatic hydroxyl groups is 3. The zero-order valence-corrected chi connectivity index (χ0v) is 38.6. The molecule has 0 amide bonds. The lowest BCUT2D eigenvalue weighted by Gasteiger charge is -2.40. The van der Waals surface area contributed by atoms with Crippen molar-refractivity contribution in [3.8, 4) is 0 Å². The monoisotopic (exact) mass is 877 g/mol. The molecule has 60 heavy (non-hydrogen) atoms. The van der Waals surface area contributed by atoms with Crippen molar-refractivity contribution in [3.63, 3.8) is 0 Å². The SMILES string of the molecule is CCCCCCCCC/C=C\CCCCCCCC(=O)OC(COC(=O)CCCCCCCCCCCCCCCCCC)COC1OC(CS(=O)(=O)O)C(O)C(O)C1O. The second kappa shape index (κ2) is 37.9. The first-order valence-electron chi connectivity index (χ1n) is 24.2. The summed E-state index contributed by atoms with van der Waals surface area (Å²) >= 11 is 0. The fourth-order valence-corrected chi connectivity index (χ4v) is 8.25. The number of ether oxygens (including phenoxy) is 4. The molecule has 1 saturated heterocycles. The van der Waals surface area contributed by atoms with Crippen molar-refractivity contribution in [2.75, 3.05) is 19.0 Å². The Labute approximate surface area is 365 Å². The van der Waals surface area contributed by atoms with E-state index in [4.69, 9.17) is 18.9 Å². The average Bonchev–Trinajstić information content (AvgIpc) is 3.21. The van der Waals surface area contributed by atoms with Gasteiger partial charge < -0.3 is 34.3 Å². The third-order valence-electron chi connectivity index (χ3n) is 11.3. The number of rotatable bonds is 41. The Morgan fingerprint density at radius 2 is 0.950 bits per heavy atom. The lowest BCUT2D eigenvalue weighted by molar-refractivity contribution is -0.297. The molecular weight excluding hydrogens is 789 g/mol. The van der Waals surface area contributed by atoms with Gasteiger partial charge in [-0.2, -0.15) is 8.42 Å². The first-order chi connectivity index (χ1) is 29.0. The number of carbonyl (C=O) groups excluding carboxylic acids is 2. The van der Waals surface area contributed by atoms with E-state index in [1.54, 1.807) is 0 Å². The van der Waals surface area contributed by atoms with E-state index in [9.17, 15) is 37.9 Å².